The minimum absolute atomic E-state index is 0.0969. The van der Waals surface area contributed by atoms with Gasteiger partial charge in [0.25, 0.3) is 11.5 Å². The topological polar surface area (TPSA) is 92.2 Å². The van der Waals surface area contributed by atoms with Crippen LogP contribution in [0.3, 0.4) is 0 Å². The molecule has 0 aromatic carbocycles. The number of aromatic nitrogens is 3. The molecule has 0 fully saturated rings. The fourth-order valence-electron chi connectivity index (χ4n) is 3.40. The van der Waals surface area contributed by atoms with Gasteiger partial charge in [-0.05, 0) is 37.0 Å². The van der Waals surface area contributed by atoms with E-state index in [0.29, 0.717) is 35.7 Å². The molecule has 3 heterocycles. The van der Waals surface area contributed by atoms with Crippen molar-refractivity contribution in [3.05, 3.63) is 51.4 Å². The molecule has 0 aliphatic rings. The molecular weight excluding hydrogens is 366 g/mol. The summed E-state index contributed by atoms with van der Waals surface area (Å²) in [5, 5.41) is 11.9. The number of hydrogen-bond donors (Lipinski definition) is 2. The van der Waals surface area contributed by atoms with Crippen LogP contribution in [0.4, 0.5) is 0 Å². The first kappa shape index (κ1) is 20.8. The SMILES string of the molecule is CCCCCn1c(=N)c(C(=O)NCC(C)C)cc2c(=O)n3cccc(C)c3nc21. The highest BCUT2D eigenvalue weighted by molar-refractivity contribution is 5.96. The van der Waals surface area contributed by atoms with Gasteiger partial charge in [0, 0.05) is 19.3 Å². The van der Waals surface area contributed by atoms with Crippen molar-refractivity contribution in [2.75, 3.05) is 6.54 Å². The van der Waals surface area contributed by atoms with Gasteiger partial charge in [-0.2, -0.15) is 0 Å². The number of hydrogen-bond acceptors (Lipinski definition) is 4. The van der Waals surface area contributed by atoms with E-state index >= 15 is 0 Å². The normalized spacial score (nSPS) is 11.5. The van der Waals surface area contributed by atoms with Crippen LogP contribution in [-0.2, 0) is 6.54 Å². The lowest BCUT2D eigenvalue weighted by atomic mass is 10.1. The molecule has 3 rings (SSSR count). The summed E-state index contributed by atoms with van der Waals surface area (Å²) in [4.78, 5) is 30.7. The van der Waals surface area contributed by atoms with Crippen LogP contribution in [0.15, 0.2) is 29.2 Å². The monoisotopic (exact) mass is 395 g/mol. The van der Waals surface area contributed by atoms with Gasteiger partial charge in [0.1, 0.15) is 16.8 Å². The summed E-state index contributed by atoms with van der Waals surface area (Å²) in [6, 6.07) is 5.24. The number of aryl methyl sites for hydroxylation is 2. The van der Waals surface area contributed by atoms with E-state index in [0.717, 1.165) is 24.8 Å². The second kappa shape index (κ2) is 8.59. The first-order valence-corrected chi connectivity index (χ1v) is 10.2. The third-order valence-electron chi connectivity index (χ3n) is 5.03. The highest BCUT2D eigenvalue weighted by Crippen LogP contribution is 2.13. The summed E-state index contributed by atoms with van der Waals surface area (Å²) in [5.74, 6) is -0.0342. The summed E-state index contributed by atoms with van der Waals surface area (Å²) < 4.78 is 3.22. The van der Waals surface area contributed by atoms with E-state index in [4.69, 9.17) is 10.4 Å². The second-order valence-electron chi connectivity index (χ2n) is 7.91. The van der Waals surface area contributed by atoms with Crippen LogP contribution < -0.4 is 16.4 Å². The maximum atomic E-state index is 13.2. The van der Waals surface area contributed by atoms with E-state index in [-0.39, 0.29) is 22.5 Å². The van der Waals surface area contributed by atoms with Gasteiger partial charge in [0.05, 0.1) is 10.9 Å². The minimum Gasteiger partial charge on any atom is -0.352 e. The number of nitrogens with one attached hydrogen (secondary N) is 2. The predicted molar refractivity (Wildman–Crippen MR) is 114 cm³/mol. The summed E-state index contributed by atoms with van der Waals surface area (Å²) >= 11 is 0. The van der Waals surface area contributed by atoms with Crippen molar-refractivity contribution in [3.8, 4) is 0 Å². The Bertz CT molecular complexity index is 1170. The van der Waals surface area contributed by atoms with Crippen molar-refractivity contribution in [3.63, 3.8) is 0 Å². The smallest absolute Gasteiger partial charge is 0.267 e. The molecule has 154 valence electrons. The van der Waals surface area contributed by atoms with E-state index in [9.17, 15) is 9.59 Å². The fourth-order valence-corrected chi connectivity index (χ4v) is 3.40. The number of pyridine rings is 2. The Hall–Kier alpha value is -2.96. The number of carbonyl (C=O) groups is 1. The molecule has 0 saturated heterocycles. The lowest BCUT2D eigenvalue weighted by molar-refractivity contribution is 0.0946. The van der Waals surface area contributed by atoms with Crippen LogP contribution in [-0.4, -0.2) is 26.4 Å². The van der Waals surface area contributed by atoms with Crippen LogP contribution in [0, 0.1) is 18.3 Å². The van der Waals surface area contributed by atoms with E-state index < -0.39 is 0 Å². The van der Waals surface area contributed by atoms with Crippen LogP contribution in [0.1, 0.15) is 56.0 Å². The Morgan fingerprint density at radius 1 is 1.28 bits per heavy atom. The zero-order valence-electron chi connectivity index (χ0n) is 17.6. The van der Waals surface area contributed by atoms with Crippen LogP contribution in [0.25, 0.3) is 16.7 Å². The number of amides is 1. The van der Waals surface area contributed by atoms with Crippen LogP contribution >= 0.6 is 0 Å². The molecule has 0 bridgehead atoms. The molecule has 0 atom stereocenters. The van der Waals surface area contributed by atoms with Crippen molar-refractivity contribution in [1.82, 2.24) is 19.3 Å². The van der Waals surface area contributed by atoms with Crippen LogP contribution in [0.5, 0.6) is 0 Å². The molecular formula is C22H29N5O2. The number of nitrogens with zero attached hydrogens (tertiary/aromatic N) is 3. The van der Waals surface area contributed by atoms with Gasteiger partial charge in [0.15, 0.2) is 0 Å². The molecule has 0 spiro atoms. The zero-order valence-corrected chi connectivity index (χ0v) is 17.6. The maximum absolute atomic E-state index is 13.2. The summed E-state index contributed by atoms with van der Waals surface area (Å²) in [6.45, 7) is 9.10. The number of fused-ring (bicyclic) bond motifs is 2. The van der Waals surface area contributed by atoms with Crippen molar-refractivity contribution >= 4 is 22.6 Å². The maximum Gasteiger partial charge on any atom is 0.267 e. The van der Waals surface area contributed by atoms with E-state index in [1.165, 1.54) is 10.5 Å². The van der Waals surface area contributed by atoms with Gasteiger partial charge in [0.2, 0.25) is 0 Å². The fraction of sp³-hybridized carbons (Fsp3) is 0.455. The van der Waals surface area contributed by atoms with Gasteiger partial charge in [-0.15, -0.1) is 0 Å². The predicted octanol–water partition coefficient (Wildman–Crippen LogP) is 3.01. The first-order valence-electron chi connectivity index (χ1n) is 10.2. The van der Waals surface area contributed by atoms with Gasteiger partial charge < -0.3 is 9.88 Å². The Morgan fingerprint density at radius 2 is 2.03 bits per heavy atom. The molecule has 1 amide bonds. The van der Waals surface area contributed by atoms with Gasteiger partial charge in [-0.1, -0.05) is 39.7 Å². The second-order valence-corrected chi connectivity index (χ2v) is 7.91. The standard InChI is InChI=1S/C22H29N5O2/c1-5-6-7-10-26-18(23)16(21(28)24-13-14(2)3)12-17-20(26)25-19-15(4)9-8-11-27(19)22(17)29/h8-9,11-12,14,23H,5-7,10,13H2,1-4H3,(H,24,28). The zero-order chi connectivity index (χ0) is 21.1. The molecule has 0 unspecified atom stereocenters. The molecule has 3 aromatic rings. The number of rotatable bonds is 7. The molecule has 0 radical (unpaired) electrons. The highest BCUT2D eigenvalue weighted by atomic mass is 16.1. The number of unbranched alkanes of at least 4 members (excludes halogenated alkanes) is 2. The van der Waals surface area contributed by atoms with Gasteiger partial charge in [-0.3, -0.25) is 19.4 Å². The van der Waals surface area contributed by atoms with Crippen molar-refractivity contribution in [1.29, 1.82) is 5.41 Å². The summed E-state index contributed by atoms with van der Waals surface area (Å²) in [6.07, 6.45) is 4.58. The molecule has 7 nitrogen and oxygen atoms in total. The Labute approximate surface area is 169 Å². The van der Waals surface area contributed by atoms with Crippen molar-refractivity contribution < 1.29 is 4.79 Å². The molecule has 2 N–H and O–H groups in total. The molecule has 7 heteroatoms. The first-order chi connectivity index (χ1) is 13.8. The Kier molecular flexibility index (Phi) is 6.15. The van der Waals surface area contributed by atoms with Crippen molar-refractivity contribution in [2.45, 2.75) is 53.5 Å². The average molecular weight is 396 g/mol. The molecule has 0 aliphatic carbocycles. The third-order valence-corrected chi connectivity index (χ3v) is 5.03. The third kappa shape index (κ3) is 4.09. The highest BCUT2D eigenvalue weighted by Gasteiger charge is 2.18. The van der Waals surface area contributed by atoms with E-state index in [1.54, 1.807) is 10.8 Å². The van der Waals surface area contributed by atoms with E-state index in [1.807, 2.05) is 32.9 Å². The Morgan fingerprint density at radius 3 is 2.72 bits per heavy atom. The summed E-state index contributed by atoms with van der Waals surface area (Å²) in [5.41, 5.74) is 2.00. The summed E-state index contributed by atoms with van der Waals surface area (Å²) in [7, 11) is 0. The lowest BCUT2D eigenvalue weighted by Crippen LogP contribution is -2.36. The van der Waals surface area contributed by atoms with Crippen LogP contribution in [0.2, 0.25) is 0 Å². The molecule has 3 aromatic heterocycles. The van der Waals surface area contributed by atoms with Crippen molar-refractivity contribution in [2.24, 2.45) is 5.92 Å². The minimum atomic E-state index is -0.330. The largest absolute Gasteiger partial charge is 0.352 e. The molecule has 0 aliphatic heterocycles. The molecule has 29 heavy (non-hydrogen) atoms. The average Bonchev–Trinajstić information content (AvgIpc) is 2.69. The lowest BCUT2D eigenvalue weighted by Gasteiger charge is -2.15. The number of carbonyl (C=O) groups excluding carboxylic acids is 1. The van der Waals surface area contributed by atoms with Gasteiger partial charge in [-0.25, -0.2) is 4.98 Å². The van der Waals surface area contributed by atoms with E-state index in [2.05, 4.69) is 12.2 Å². The van der Waals surface area contributed by atoms with Gasteiger partial charge >= 0.3 is 0 Å². The Balaban J connectivity index is 2.28. The quantitative estimate of drug-likeness (QED) is 0.476. The molecule has 0 saturated carbocycles.